The van der Waals surface area contributed by atoms with Gasteiger partial charge < -0.3 is 9.47 Å². The van der Waals surface area contributed by atoms with E-state index in [0.717, 1.165) is 60.4 Å². The third-order valence-corrected chi connectivity index (χ3v) is 6.24. The standard InChI is InChI=1S/C31H39N2O2/c1-24(2)14-18-34-30-20-27(22-33-17-16-32(23-33)21-26-10-6-5-7-11-26)31(35-19-15-25(3)4)29-13-9-8-12-28(29)30/h5-13,16-17,20,23-25H,14-15,18-19,21-22H2,1-4H3/q+1. The molecule has 0 saturated carbocycles. The number of aromatic nitrogens is 2. The van der Waals surface area contributed by atoms with Crippen LogP contribution in [0.3, 0.4) is 0 Å². The summed E-state index contributed by atoms with van der Waals surface area (Å²) in [6, 6.07) is 21.2. The minimum absolute atomic E-state index is 0.602. The lowest BCUT2D eigenvalue weighted by Gasteiger charge is -2.18. The Hall–Kier alpha value is -3.27. The van der Waals surface area contributed by atoms with Crippen LogP contribution in [-0.2, 0) is 13.1 Å². The van der Waals surface area contributed by atoms with E-state index in [1.165, 1.54) is 5.56 Å². The highest BCUT2D eigenvalue weighted by Crippen LogP contribution is 2.37. The fourth-order valence-corrected chi connectivity index (χ4v) is 4.20. The maximum absolute atomic E-state index is 6.46. The molecule has 1 aromatic heterocycles. The lowest BCUT2D eigenvalue weighted by atomic mass is 10.0. The van der Waals surface area contributed by atoms with Gasteiger partial charge in [0.2, 0.25) is 6.33 Å². The molecule has 0 unspecified atom stereocenters. The second-order valence-electron chi connectivity index (χ2n) is 10.2. The predicted octanol–water partition coefficient (Wildman–Crippen LogP) is 6.88. The van der Waals surface area contributed by atoms with E-state index in [1.54, 1.807) is 0 Å². The van der Waals surface area contributed by atoms with E-state index in [0.29, 0.717) is 18.4 Å². The summed E-state index contributed by atoms with van der Waals surface area (Å²) in [6.45, 7) is 11.9. The maximum atomic E-state index is 6.46. The van der Waals surface area contributed by atoms with Gasteiger partial charge in [-0.1, -0.05) is 82.3 Å². The number of benzene rings is 3. The smallest absolute Gasteiger partial charge is 0.244 e. The molecule has 35 heavy (non-hydrogen) atoms. The first-order chi connectivity index (χ1) is 17.0. The first-order valence-corrected chi connectivity index (χ1v) is 12.9. The van der Waals surface area contributed by atoms with Crippen molar-refractivity contribution in [2.24, 2.45) is 11.8 Å². The lowest BCUT2D eigenvalue weighted by molar-refractivity contribution is -0.687. The van der Waals surface area contributed by atoms with Gasteiger partial charge in [-0.15, -0.1) is 0 Å². The molecule has 0 atom stereocenters. The molecule has 0 radical (unpaired) electrons. The summed E-state index contributed by atoms with van der Waals surface area (Å²) in [7, 11) is 0. The van der Waals surface area contributed by atoms with E-state index < -0.39 is 0 Å². The van der Waals surface area contributed by atoms with Crippen molar-refractivity contribution >= 4 is 10.8 Å². The van der Waals surface area contributed by atoms with Crippen LogP contribution in [0.15, 0.2) is 79.4 Å². The number of fused-ring (bicyclic) bond motifs is 1. The summed E-state index contributed by atoms with van der Waals surface area (Å²) >= 11 is 0. The minimum atomic E-state index is 0.602. The van der Waals surface area contributed by atoms with Crippen LogP contribution in [0.4, 0.5) is 0 Å². The van der Waals surface area contributed by atoms with Crippen molar-refractivity contribution in [2.75, 3.05) is 13.2 Å². The molecular formula is C31H39N2O2+. The fourth-order valence-electron chi connectivity index (χ4n) is 4.20. The summed E-state index contributed by atoms with van der Waals surface area (Å²) in [5.74, 6) is 3.13. The Kier molecular flexibility index (Phi) is 8.46. The molecule has 4 heteroatoms. The van der Waals surface area contributed by atoms with Crippen LogP contribution in [0, 0.1) is 11.8 Å². The van der Waals surface area contributed by atoms with Crippen molar-refractivity contribution in [3.8, 4) is 11.5 Å². The monoisotopic (exact) mass is 471 g/mol. The highest BCUT2D eigenvalue weighted by atomic mass is 16.5. The third kappa shape index (κ3) is 6.88. The average Bonchev–Trinajstić information content (AvgIpc) is 3.27. The van der Waals surface area contributed by atoms with Crippen LogP contribution in [0.2, 0.25) is 0 Å². The Morgan fingerprint density at radius 1 is 0.800 bits per heavy atom. The third-order valence-electron chi connectivity index (χ3n) is 6.24. The molecule has 3 aromatic carbocycles. The van der Waals surface area contributed by atoms with Gasteiger partial charge >= 0.3 is 0 Å². The summed E-state index contributed by atoms with van der Waals surface area (Å²) in [5.41, 5.74) is 2.44. The molecule has 0 saturated heterocycles. The molecule has 4 aromatic rings. The van der Waals surface area contributed by atoms with Crippen molar-refractivity contribution < 1.29 is 14.0 Å². The van der Waals surface area contributed by atoms with Crippen LogP contribution in [-0.4, -0.2) is 17.8 Å². The Balaban J connectivity index is 1.64. The van der Waals surface area contributed by atoms with Gasteiger partial charge in [0.15, 0.2) is 0 Å². The van der Waals surface area contributed by atoms with E-state index >= 15 is 0 Å². The van der Waals surface area contributed by atoms with Gasteiger partial charge in [-0.25, -0.2) is 9.13 Å². The van der Waals surface area contributed by atoms with Crippen LogP contribution >= 0.6 is 0 Å². The molecule has 0 amide bonds. The Bertz CT molecular complexity index is 1210. The SMILES string of the molecule is CC(C)CCOc1cc(Cn2cc[n+](Cc3ccccc3)c2)c(OCCC(C)C)c2ccccc12. The normalized spacial score (nSPS) is 11.5. The first kappa shape index (κ1) is 24.8. The van der Waals surface area contributed by atoms with Gasteiger partial charge in [0.05, 0.1) is 13.2 Å². The molecule has 0 bridgehead atoms. The van der Waals surface area contributed by atoms with Crippen molar-refractivity contribution in [1.29, 1.82) is 0 Å². The van der Waals surface area contributed by atoms with Gasteiger partial charge in [-0.3, -0.25) is 0 Å². The van der Waals surface area contributed by atoms with Crippen LogP contribution in [0.25, 0.3) is 10.8 Å². The van der Waals surface area contributed by atoms with Crippen molar-refractivity contribution in [1.82, 2.24) is 4.57 Å². The van der Waals surface area contributed by atoms with Crippen LogP contribution < -0.4 is 14.0 Å². The Morgan fingerprint density at radius 2 is 1.46 bits per heavy atom. The molecule has 1 heterocycles. The summed E-state index contributed by atoms with van der Waals surface area (Å²) in [6.07, 6.45) is 8.50. The van der Waals surface area contributed by atoms with E-state index in [1.807, 2.05) is 0 Å². The van der Waals surface area contributed by atoms with Gasteiger partial charge in [-0.05, 0) is 36.3 Å². The fraction of sp³-hybridized carbons (Fsp3) is 0.387. The number of nitrogens with zero attached hydrogens (tertiary/aromatic N) is 2. The lowest BCUT2D eigenvalue weighted by Crippen LogP contribution is -2.31. The molecular weight excluding hydrogens is 432 g/mol. The van der Waals surface area contributed by atoms with Crippen LogP contribution in [0.5, 0.6) is 11.5 Å². The number of hydrogen-bond acceptors (Lipinski definition) is 2. The van der Waals surface area contributed by atoms with Gasteiger partial charge in [0.1, 0.15) is 37.0 Å². The quantitative estimate of drug-likeness (QED) is 0.211. The molecule has 184 valence electrons. The topological polar surface area (TPSA) is 27.3 Å². The number of ether oxygens (including phenoxy) is 2. The van der Waals surface area contributed by atoms with E-state index in [2.05, 4.69) is 116 Å². The second-order valence-corrected chi connectivity index (χ2v) is 10.2. The second kappa shape index (κ2) is 11.9. The van der Waals surface area contributed by atoms with Crippen molar-refractivity contribution in [3.63, 3.8) is 0 Å². The Labute approximate surface area is 210 Å². The number of imidazole rings is 1. The number of hydrogen-bond donors (Lipinski definition) is 0. The zero-order chi connectivity index (χ0) is 24.6. The summed E-state index contributed by atoms with van der Waals surface area (Å²) in [4.78, 5) is 0. The molecule has 0 N–H and O–H groups in total. The zero-order valence-electron chi connectivity index (χ0n) is 21.6. The Morgan fingerprint density at radius 3 is 2.17 bits per heavy atom. The van der Waals surface area contributed by atoms with Crippen molar-refractivity contribution in [3.05, 3.63) is 90.5 Å². The largest absolute Gasteiger partial charge is 0.493 e. The van der Waals surface area contributed by atoms with Gasteiger partial charge in [0, 0.05) is 16.3 Å². The molecule has 4 rings (SSSR count). The molecule has 0 aliphatic rings. The molecule has 0 spiro atoms. The van der Waals surface area contributed by atoms with Gasteiger partial charge in [0.25, 0.3) is 0 Å². The average molecular weight is 472 g/mol. The maximum Gasteiger partial charge on any atom is 0.244 e. The van der Waals surface area contributed by atoms with E-state index in [9.17, 15) is 0 Å². The molecule has 0 aliphatic heterocycles. The van der Waals surface area contributed by atoms with Gasteiger partial charge in [-0.2, -0.15) is 0 Å². The highest BCUT2D eigenvalue weighted by Gasteiger charge is 2.17. The molecule has 0 aliphatic carbocycles. The number of rotatable bonds is 12. The highest BCUT2D eigenvalue weighted by molar-refractivity contribution is 5.94. The zero-order valence-corrected chi connectivity index (χ0v) is 21.6. The summed E-state index contributed by atoms with van der Waals surface area (Å²) < 4.78 is 17.2. The first-order valence-electron chi connectivity index (χ1n) is 12.9. The van der Waals surface area contributed by atoms with Crippen molar-refractivity contribution in [2.45, 2.75) is 53.6 Å². The van der Waals surface area contributed by atoms with Crippen LogP contribution in [0.1, 0.15) is 51.7 Å². The molecule has 4 nitrogen and oxygen atoms in total. The minimum Gasteiger partial charge on any atom is -0.493 e. The molecule has 0 fully saturated rings. The summed E-state index contributed by atoms with van der Waals surface area (Å²) in [5, 5.41) is 2.24. The van der Waals surface area contributed by atoms with E-state index in [-0.39, 0.29) is 0 Å². The predicted molar refractivity (Wildman–Crippen MR) is 143 cm³/mol. The van der Waals surface area contributed by atoms with E-state index in [4.69, 9.17) is 9.47 Å².